The molecule has 4 rings (SSSR count). The van der Waals surface area contributed by atoms with Gasteiger partial charge in [0.1, 0.15) is 0 Å². The Balaban J connectivity index is 1.57. The number of furan rings is 1. The summed E-state index contributed by atoms with van der Waals surface area (Å²) < 4.78 is 37.2. The highest BCUT2D eigenvalue weighted by Crippen LogP contribution is 2.26. The predicted octanol–water partition coefficient (Wildman–Crippen LogP) is 4.65. The van der Waals surface area contributed by atoms with Crippen LogP contribution in [0.1, 0.15) is 29.0 Å². The van der Waals surface area contributed by atoms with Gasteiger partial charge in [-0.2, -0.15) is 0 Å². The van der Waals surface area contributed by atoms with E-state index in [2.05, 4.69) is 0 Å². The molecule has 2 aromatic carbocycles. The van der Waals surface area contributed by atoms with E-state index in [9.17, 15) is 13.2 Å². The molecule has 0 spiro atoms. The van der Waals surface area contributed by atoms with Crippen molar-refractivity contribution in [3.63, 3.8) is 0 Å². The van der Waals surface area contributed by atoms with Crippen LogP contribution in [0.25, 0.3) is 0 Å². The van der Waals surface area contributed by atoms with E-state index in [0.29, 0.717) is 24.7 Å². The third-order valence-corrected chi connectivity index (χ3v) is 7.64. The number of carbonyl (C=O) groups excluding carboxylic acids is 1. The first-order valence-electron chi connectivity index (χ1n) is 11.0. The highest BCUT2D eigenvalue weighted by molar-refractivity contribution is 7.91. The molecular formula is C25H27ClN2O5S. The van der Waals surface area contributed by atoms with Gasteiger partial charge in [-0.05, 0) is 66.9 Å². The molecule has 0 saturated carbocycles. The van der Waals surface area contributed by atoms with Crippen molar-refractivity contribution in [3.8, 4) is 0 Å². The number of nitrogens with zero attached hydrogens (tertiary/aromatic N) is 2. The predicted molar refractivity (Wildman–Crippen MR) is 130 cm³/mol. The van der Waals surface area contributed by atoms with E-state index in [1.807, 2.05) is 43.3 Å². The van der Waals surface area contributed by atoms with Crippen molar-refractivity contribution < 1.29 is 22.4 Å². The molecular weight excluding hydrogens is 476 g/mol. The van der Waals surface area contributed by atoms with Crippen molar-refractivity contribution in [2.45, 2.75) is 35.5 Å². The van der Waals surface area contributed by atoms with E-state index < -0.39 is 9.84 Å². The fraction of sp³-hybridized carbons (Fsp3) is 0.320. The maximum Gasteiger partial charge on any atom is 0.290 e. The van der Waals surface area contributed by atoms with Gasteiger partial charge in [0, 0.05) is 44.5 Å². The van der Waals surface area contributed by atoms with Crippen molar-refractivity contribution in [1.29, 1.82) is 0 Å². The van der Waals surface area contributed by atoms with E-state index in [1.54, 1.807) is 4.90 Å². The van der Waals surface area contributed by atoms with Crippen molar-refractivity contribution in [2.75, 3.05) is 32.1 Å². The lowest BCUT2D eigenvalue weighted by Crippen LogP contribution is -2.36. The molecule has 0 aliphatic carbocycles. The average molecular weight is 503 g/mol. The number of anilines is 1. The van der Waals surface area contributed by atoms with Crippen LogP contribution < -0.4 is 4.90 Å². The van der Waals surface area contributed by atoms with Crippen molar-refractivity contribution in [3.05, 3.63) is 77.0 Å². The minimum atomic E-state index is -3.91. The molecule has 1 aliphatic heterocycles. The van der Waals surface area contributed by atoms with Crippen LogP contribution in [-0.2, 0) is 21.1 Å². The van der Waals surface area contributed by atoms with E-state index in [1.165, 1.54) is 36.4 Å². The largest absolute Gasteiger partial charge is 0.439 e. The zero-order valence-electron chi connectivity index (χ0n) is 19.1. The summed E-state index contributed by atoms with van der Waals surface area (Å²) in [7, 11) is 0.0205. The summed E-state index contributed by atoms with van der Waals surface area (Å²) in [6.07, 6.45) is 1.77. The summed E-state index contributed by atoms with van der Waals surface area (Å²) in [6.45, 7) is 1.43. The Morgan fingerprint density at radius 1 is 1.03 bits per heavy atom. The molecule has 1 fully saturated rings. The number of hydrogen-bond donors (Lipinski definition) is 0. The molecule has 0 bridgehead atoms. The summed E-state index contributed by atoms with van der Waals surface area (Å²) in [5.74, 6) is -0.416. The smallest absolute Gasteiger partial charge is 0.290 e. The SMILES string of the molecule is CN(C)c1ccc(CN(CC2CCCO2)C(=O)c2ccc(S(=O)(=O)c3ccc(Cl)cc3)o2)cc1. The zero-order valence-corrected chi connectivity index (χ0v) is 20.7. The maximum atomic E-state index is 13.4. The molecule has 1 amide bonds. The van der Waals surface area contributed by atoms with Crippen LogP contribution in [0.3, 0.4) is 0 Å². The second-order valence-electron chi connectivity index (χ2n) is 8.46. The molecule has 1 atom stereocenters. The van der Waals surface area contributed by atoms with Gasteiger partial charge in [0.05, 0.1) is 11.0 Å². The molecule has 34 heavy (non-hydrogen) atoms. The third-order valence-electron chi connectivity index (χ3n) is 5.74. The number of rotatable bonds is 8. The van der Waals surface area contributed by atoms with Gasteiger partial charge in [0.2, 0.25) is 14.9 Å². The summed E-state index contributed by atoms with van der Waals surface area (Å²) in [5.41, 5.74) is 2.02. The van der Waals surface area contributed by atoms with Crippen LogP contribution >= 0.6 is 11.6 Å². The lowest BCUT2D eigenvalue weighted by Gasteiger charge is -2.25. The first kappa shape index (κ1) is 24.3. The van der Waals surface area contributed by atoms with E-state index in [0.717, 1.165) is 24.1 Å². The lowest BCUT2D eigenvalue weighted by molar-refractivity contribution is 0.0480. The van der Waals surface area contributed by atoms with Gasteiger partial charge >= 0.3 is 0 Å². The normalized spacial score (nSPS) is 15.9. The lowest BCUT2D eigenvalue weighted by atomic mass is 10.1. The van der Waals surface area contributed by atoms with Crippen molar-refractivity contribution in [2.24, 2.45) is 0 Å². The second-order valence-corrected chi connectivity index (χ2v) is 10.8. The van der Waals surface area contributed by atoms with Gasteiger partial charge in [0.25, 0.3) is 5.91 Å². The van der Waals surface area contributed by atoms with Gasteiger partial charge in [-0.1, -0.05) is 23.7 Å². The Morgan fingerprint density at radius 2 is 1.74 bits per heavy atom. The molecule has 0 radical (unpaired) electrons. The highest BCUT2D eigenvalue weighted by atomic mass is 35.5. The summed E-state index contributed by atoms with van der Waals surface area (Å²) >= 11 is 5.87. The second kappa shape index (κ2) is 10.2. The maximum absolute atomic E-state index is 13.4. The van der Waals surface area contributed by atoms with Crippen molar-refractivity contribution >= 4 is 33.0 Å². The fourth-order valence-corrected chi connectivity index (χ4v) is 5.14. The van der Waals surface area contributed by atoms with E-state index >= 15 is 0 Å². The van der Waals surface area contributed by atoms with Crippen LogP contribution in [0.4, 0.5) is 5.69 Å². The molecule has 1 aromatic heterocycles. The molecule has 1 saturated heterocycles. The molecule has 1 unspecified atom stereocenters. The number of ether oxygens (including phenoxy) is 1. The first-order valence-corrected chi connectivity index (χ1v) is 12.9. The molecule has 1 aliphatic rings. The monoisotopic (exact) mass is 502 g/mol. The average Bonchev–Trinajstić information content (AvgIpc) is 3.52. The third kappa shape index (κ3) is 5.46. The molecule has 180 valence electrons. The number of halogens is 1. The molecule has 3 aromatic rings. The van der Waals surface area contributed by atoms with Crippen LogP contribution in [-0.4, -0.2) is 52.6 Å². The number of sulfone groups is 1. The molecule has 0 N–H and O–H groups in total. The van der Waals surface area contributed by atoms with E-state index in [4.69, 9.17) is 20.8 Å². The molecule has 2 heterocycles. The number of hydrogen-bond acceptors (Lipinski definition) is 6. The Morgan fingerprint density at radius 3 is 2.35 bits per heavy atom. The summed E-state index contributed by atoms with van der Waals surface area (Å²) in [4.78, 5) is 17.1. The zero-order chi connectivity index (χ0) is 24.3. The van der Waals surface area contributed by atoms with Crippen LogP contribution in [0.15, 0.2) is 75.1 Å². The van der Waals surface area contributed by atoms with E-state index in [-0.39, 0.29) is 27.8 Å². The van der Waals surface area contributed by atoms with Crippen LogP contribution in [0.2, 0.25) is 5.02 Å². The Kier molecular flexibility index (Phi) is 7.30. The Hall–Kier alpha value is -2.81. The van der Waals surface area contributed by atoms with Crippen molar-refractivity contribution in [1.82, 2.24) is 4.90 Å². The standard InChI is InChI=1S/C25H27ClN2O5S/c1-27(2)20-9-5-18(6-10-20)16-28(17-21-4-3-15-32-21)25(29)23-13-14-24(33-23)34(30,31)22-11-7-19(26)8-12-22/h5-14,21H,3-4,15-17H2,1-2H3. The molecule has 9 heteroatoms. The van der Waals surface area contributed by atoms with Gasteiger partial charge in [-0.15, -0.1) is 0 Å². The van der Waals surface area contributed by atoms with Crippen LogP contribution in [0, 0.1) is 0 Å². The van der Waals surface area contributed by atoms with Gasteiger partial charge in [0.15, 0.2) is 5.76 Å². The fourth-order valence-electron chi connectivity index (χ4n) is 3.84. The van der Waals surface area contributed by atoms with Gasteiger partial charge in [-0.3, -0.25) is 4.79 Å². The molecule has 7 nitrogen and oxygen atoms in total. The topological polar surface area (TPSA) is 80.1 Å². The quantitative estimate of drug-likeness (QED) is 0.446. The number of amides is 1. The minimum Gasteiger partial charge on any atom is -0.439 e. The summed E-state index contributed by atoms with van der Waals surface area (Å²) in [6, 6.07) is 16.5. The minimum absolute atomic E-state index is 0.0320. The van der Waals surface area contributed by atoms with Gasteiger partial charge in [-0.25, -0.2) is 8.42 Å². The number of carbonyl (C=O) groups is 1. The Bertz CT molecular complexity index is 1230. The van der Waals surface area contributed by atoms with Gasteiger partial charge < -0.3 is 19.0 Å². The Labute approximate surface area is 204 Å². The van der Waals surface area contributed by atoms with Crippen LogP contribution in [0.5, 0.6) is 0 Å². The summed E-state index contributed by atoms with van der Waals surface area (Å²) in [5, 5.41) is 0.142. The number of benzene rings is 2. The highest BCUT2D eigenvalue weighted by Gasteiger charge is 2.28. The first-order chi connectivity index (χ1) is 16.2.